The number of anilines is 1. The van der Waals surface area contributed by atoms with Crippen LogP contribution in [0, 0.1) is 0 Å². The monoisotopic (exact) mass is 367 g/mol. The van der Waals surface area contributed by atoms with Gasteiger partial charge in [-0.05, 0) is 24.6 Å². The van der Waals surface area contributed by atoms with E-state index in [4.69, 9.17) is 4.55 Å². The van der Waals surface area contributed by atoms with E-state index in [1.807, 2.05) is 0 Å². The molecule has 1 amide bonds. The minimum Gasteiger partial charge on any atom is -0.326 e. The number of carbonyl (C=O) groups is 1. The van der Waals surface area contributed by atoms with Crippen molar-refractivity contribution in [3.63, 3.8) is 0 Å². The second kappa shape index (κ2) is 14.0. The first-order valence-electron chi connectivity index (χ1n) is 9.64. The number of hydrogen-bond acceptors (Lipinski definition) is 2. The molecule has 2 N–H and O–H groups in total. The summed E-state index contributed by atoms with van der Waals surface area (Å²) in [6.07, 6.45) is 14.4. The number of nitrogens with one attached hydrogen (secondary N) is 1. The molecule has 1 aromatic carbocycles. The van der Waals surface area contributed by atoms with Crippen LogP contribution in [0.5, 0.6) is 0 Å². The Balaban J connectivity index is 2.02. The SMILES string of the molecule is CCCCCCCCCCCCCC(=O)Nc1cccc(S(=O)O)c1. The average molecular weight is 368 g/mol. The number of hydrogen-bond donors (Lipinski definition) is 2. The van der Waals surface area contributed by atoms with Crippen molar-refractivity contribution in [1.82, 2.24) is 0 Å². The van der Waals surface area contributed by atoms with Crippen molar-refractivity contribution in [1.29, 1.82) is 0 Å². The molecular weight excluding hydrogens is 334 g/mol. The summed E-state index contributed by atoms with van der Waals surface area (Å²) < 4.78 is 20.1. The van der Waals surface area contributed by atoms with E-state index in [0.29, 0.717) is 17.0 Å². The third-order valence-corrected chi connectivity index (χ3v) is 4.98. The third-order valence-electron chi connectivity index (χ3n) is 4.33. The van der Waals surface area contributed by atoms with Crippen molar-refractivity contribution < 1.29 is 13.6 Å². The van der Waals surface area contributed by atoms with Crippen molar-refractivity contribution in [2.45, 2.75) is 88.9 Å². The maximum atomic E-state index is 11.9. The van der Waals surface area contributed by atoms with Gasteiger partial charge in [0.25, 0.3) is 0 Å². The summed E-state index contributed by atoms with van der Waals surface area (Å²) in [5, 5.41) is 2.79. The molecule has 0 aliphatic rings. The summed E-state index contributed by atoms with van der Waals surface area (Å²) in [6, 6.07) is 6.50. The van der Waals surface area contributed by atoms with Gasteiger partial charge in [-0.1, -0.05) is 77.2 Å². The smallest absolute Gasteiger partial charge is 0.224 e. The Bertz CT molecular complexity index is 519. The molecular formula is C20H33NO3S. The van der Waals surface area contributed by atoms with Crippen LogP contribution in [0.4, 0.5) is 5.69 Å². The van der Waals surface area contributed by atoms with Crippen LogP contribution in [-0.4, -0.2) is 14.7 Å². The molecule has 0 saturated carbocycles. The van der Waals surface area contributed by atoms with Crippen LogP contribution in [-0.2, 0) is 15.9 Å². The highest BCUT2D eigenvalue weighted by atomic mass is 32.2. The zero-order valence-corrected chi connectivity index (χ0v) is 16.3. The minimum absolute atomic E-state index is 0.0307. The molecule has 25 heavy (non-hydrogen) atoms. The average Bonchev–Trinajstić information content (AvgIpc) is 2.60. The van der Waals surface area contributed by atoms with Gasteiger partial charge in [-0.25, -0.2) is 4.21 Å². The lowest BCUT2D eigenvalue weighted by molar-refractivity contribution is -0.116. The molecule has 0 bridgehead atoms. The van der Waals surface area contributed by atoms with Gasteiger partial charge >= 0.3 is 0 Å². The summed E-state index contributed by atoms with van der Waals surface area (Å²) in [5.41, 5.74) is 0.577. The molecule has 1 rings (SSSR count). The second-order valence-corrected chi connectivity index (χ2v) is 7.58. The summed E-state index contributed by atoms with van der Waals surface area (Å²) >= 11 is -2.02. The topological polar surface area (TPSA) is 66.4 Å². The molecule has 5 heteroatoms. The van der Waals surface area contributed by atoms with Gasteiger partial charge in [0, 0.05) is 12.1 Å². The van der Waals surface area contributed by atoms with Crippen LogP contribution < -0.4 is 5.32 Å². The molecule has 0 radical (unpaired) electrons. The lowest BCUT2D eigenvalue weighted by Crippen LogP contribution is -2.11. The minimum atomic E-state index is -2.02. The number of carbonyl (C=O) groups excluding carboxylic acids is 1. The van der Waals surface area contributed by atoms with Crippen LogP contribution in [0.25, 0.3) is 0 Å². The molecule has 0 spiro atoms. The molecule has 0 aliphatic heterocycles. The van der Waals surface area contributed by atoms with Gasteiger partial charge in [0.15, 0.2) is 11.1 Å². The predicted molar refractivity (Wildman–Crippen MR) is 105 cm³/mol. The highest BCUT2D eigenvalue weighted by Crippen LogP contribution is 2.15. The summed E-state index contributed by atoms with van der Waals surface area (Å²) in [7, 11) is 0. The summed E-state index contributed by atoms with van der Waals surface area (Å²) in [4.78, 5) is 12.2. The van der Waals surface area contributed by atoms with Gasteiger partial charge in [-0.2, -0.15) is 0 Å². The number of unbranched alkanes of at least 4 members (excludes halogenated alkanes) is 10. The number of rotatable bonds is 14. The predicted octanol–water partition coefficient (Wildman–Crippen LogP) is 5.91. The zero-order valence-electron chi connectivity index (χ0n) is 15.5. The van der Waals surface area contributed by atoms with E-state index in [1.54, 1.807) is 18.2 Å². The Labute approximate surface area is 155 Å². The Morgan fingerprint density at radius 3 is 2.08 bits per heavy atom. The van der Waals surface area contributed by atoms with Crippen molar-refractivity contribution in [2.24, 2.45) is 0 Å². The Morgan fingerprint density at radius 2 is 1.52 bits per heavy atom. The van der Waals surface area contributed by atoms with Crippen LogP contribution in [0.2, 0.25) is 0 Å². The van der Waals surface area contributed by atoms with Gasteiger partial charge in [-0.15, -0.1) is 0 Å². The van der Waals surface area contributed by atoms with Gasteiger partial charge in [0.05, 0.1) is 4.90 Å². The van der Waals surface area contributed by atoms with E-state index >= 15 is 0 Å². The Hall–Kier alpha value is -1.20. The molecule has 1 atom stereocenters. The van der Waals surface area contributed by atoms with E-state index in [-0.39, 0.29) is 5.91 Å². The van der Waals surface area contributed by atoms with Gasteiger partial charge in [0.1, 0.15) is 0 Å². The van der Waals surface area contributed by atoms with E-state index in [1.165, 1.54) is 63.9 Å². The van der Waals surface area contributed by atoms with Gasteiger partial charge in [-0.3, -0.25) is 4.79 Å². The van der Waals surface area contributed by atoms with Crippen LogP contribution in [0.15, 0.2) is 29.2 Å². The largest absolute Gasteiger partial charge is 0.326 e. The van der Waals surface area contributed by atoms with Crippen molar-refractivity contribution in [3.05, 3.63) is 24.3 Å². The molecule has 0 fully saturated rings. The molecule has 0 aliphatic carbocycles. The van der Waals surface area contributed by atoms with Crippen molar-refractivity contribution >= 4 is 22.7 Å². The fraction of sp³-hybridized carbons (Fsp3) is 0.650. The summed E-state index contributed by atoms with van der Waals surface area (Å²) in [6.45, 7) is 2.24. The number of benzene rings is 1. The van der Waals surface area contributed by atoms with Gasteiger partial charge in [0.2, 0.25) is 5.91 Å². The van der Waals surface area contributed by atoms with Crippen LogP contribution >= 0.6 is 0 Å². The fourth-order valence-corrected chi connectivity index (χ4v) is 3.28. The maximum absolute atomic E-state index is 11.9. The van der Waals surface area contributed by atoms with E-state index < -0.39 is 11.1 Å². The molecule has 0 aromatic heterocycles. The quantitative estimate of drug-likeness (QED) is 0.317. The second-order valence-electron chi connectivity index (χ2n) is 6.61. The third kappa shape index (κ3) is 11.1. The van der Waals surface area contributed by atoms with Crippen LogP contribution in [0.1, 0.15) is 84.0 Å². The zero-order chi connectivity index (χ0) is 18.3. The highest BCUT2D eigenvalue weighted by molar-refractivity contribution is 7.79. The normalized spacial score (nSPS) is 12.1. The van der Waals surface area contributed by atoms with Gasteiger partial charge < -0.3 is 9.87 Å². The van der Waals surface area contributed by atoms with Crippen LogP contribution in [0.3, 0.4) is 0 Å². The standard InChI is InChI=1S/C20H33NO3S/c1-2-3-4-5-6-7-8-9-10-11-12-16-20(22)21-18-14-13-15-19(17-18)25(23)24/h13-15,17H,2-12,16H2,1H3,(H,21,22)(H,23,24). The van der Waals surface area contributed by atoms with E-state index in [2.05, 4.69) is 12.2 Å². The highest BCUT2D eigenvalue weighted by Gasteiger charge is 2.05. The van der Waals surface area contributed by atoms with E-state index in [0.717, 1.165) is 12.8 Å². The molecule has 1 unspecified atom stereocenters. The summed E-state index contributed by atoms with van der Waals surface area (Å²) in [5.74, 6) is -0.0307. The lowest BCUT2D eigenvalue weighted by Gasteiger charge is -2.06. The Morgan fingerprint density at radius 1 is 0.960 bits per heavy atom. The Kier molecular flexibility index (Phi) is 12.2. The first-order valence-corrected chi connectivity index (χ1v) is 10.7. The maximum Gasteiger partial charge on any atom is 0.224 e. The van der Waals surface area contributed by atoms with Crippen molar-refractivity contribution in [2.75, 3.05) is 5.32 Å². The molecule has 4 nitrogen and oxygen atoms in total. The molecule has 0 heterocycles. The molecule has 1 aromatic rings. The first kappa shape index (κ1) is 21.8. The van der Waals surface area contributed by atoms with E-state index in [9.17, 15) is 9.00 Å². The lowest BCUT2D eigenvalue weighted by atomic mass is 10.1. The molecule has 0 saturated heterocycles. The van der Waals surface area contributed by atoms with Crippen molar-refractivity contribution in [3.8, 4) is 0 Å². The first-order chi connectivity index (χ1) is 12.1. The fourth-order valence-electron chi connectivity index (χ4n) is 2.86. The molecule has 142 valence electrons. The number of amides is 1.